The lowest BCUT2D eigenvalue weighted by atomic mass is 10.3. The molecule has 156 valence electrons. The average molecular weight is 422 g/mol. The summed E-state index contributed by atoms with van der Waals surface area (Å²) < 4.78 is 50.6. The summed E-state index contributed by atoms with van der Waals surface area (Å²) in [6.45, 7) is 1.35. The predicted octanol–water partition coefficient (Wildman–Crippen LogP) is 1.75. The largest absolute Gasteiger partial charge is 0.491 e. The molecule has 29 heavy (non-hydrogen) atoms. The van der Waals surface area contributed by atoms with Gasteiger partial charge in [-0.1, -0.05) is 24.3 Å². The second-order valence-corrected chi connectivity index (χ2v) is 8.39. The molecule has 1 saturated heterocycles. The van der Waals surface area contributed by atoms with Crippen molar-refractivity contribution < 1.29 is 27.1 Å². The fourth-order valence-electron chi connectivity index (χ4n) is 2.94. The average Bonchev–Trinajstić information content (AvgIpc) is 2.74. The molecule has 1 aliphatic heterocycles. The molecular formula is C20H23FN2O5S. The highest BCUT2D eigenvalue weighted by molar-refractivity contribution is 7.89. The van der Waals surface area contributed by atoms with Crippen molar-refractivity contribution in [3.63, 3.8) is 0 Å². The van der Waals surface area contributed by atoms with Crippen LogP contribution >= 0.6 is 0 Å². The van der Waals surface area contributed by atoms with E-state index in [1.54, 1.807) is 4.90 Å². The van der Waals surface area contributed by atoms with E-state index in [1.807, 2.05) is 30.3 Å². The fourth-order valence-corrected chi connectivity index (χ4v) is 4.39. The second kappa shape index (κ2) is 9.82. The fraction of sp³-hybridized carbons (Fsp3) is 0.350. The van der Waals surface area contributed by atoms with Gasteiger partial charge in [0.05, 0.1) is 11.5 Å². The van der Waals surface area contributed by atoms with Gasteiger partial charge in [-0.2, -0.15) is 4.31 Å². The smallest absolute Gasteiger partial charge is 0.248 e. The Morgan fingerprint density at radius 2 is 1.69 bits per heavy atom. The Morgan fingerprint density at radius 1 is 0.966 bits per heavy atom. The summed E-state index contributed by atoms with van der Waals surface area (Å²) in [5.74, 6) is -0.0705. The van der Waals surface area contributed by atoms with E-state index in [1.165, 1.54) is 22.5 Å². The number of carbonyl (C=O) groups excluding carboxylic acids is 1. The van der Waals surface area contributed by atoms with Gasteiger partial charge in [0.1, 0.15) is 24.8 Å². The standard InChI is InChI=1S/C20H23FN2O5S/c21-17-5-4-8-19(15-17)29(25,26)23-11-9-22(10-12-23)20(24)16-27-13-14-28-18-6-2-1-3-7-18/h1-8,15H,9-14,16H2. The number of nitrogens with zero attached hydrogens (tertiary/aromatic N) is 2. The molecule has 0 saturated carbocycles. The Balaban J connectivity index is 1.40. The third-order valence-electron chi connectivity index (χ3n) is 4.49. The Morgan fingerprint density at radius 3 is 2.38 bits per heavy atom. The van der Waals surface area contributed by atoms with E-state index < -0.39 is 15.8 Å². The molecule has 7 nitrogen and oxygen atoms in total. The monoisotopic (exact) mass is 422 g/mol. The van der Waals surface area contributed by atoms with Gasteiger partial charge in [0.15, 0.2) is 0 Å². The summed E-state index contributed by atoms with van der Waals surface area (Å²) in [7, 11) is -3.78. The van der Waals surface area contributed by atoms with Gasteiger partial charge in [-0.05, 0) is 30.3 Å². The minimum Gasteiger partial charge on any atom is -0.491 e. The van der Waals surface area contributed by atoms with Crippen LogP contribution in [0.15, 0.2) is 59.5 Å². The molecule has 0 N–H and O–H groups in total. The molecule has 2 aromatic rings. The Labute approximate surface area is 169 Å². The highest BCUT2D eigenvalue weighted by Crippen LogP contribution is 2.18. The van der Waals surface area contributed by atoms with Crippen LogP contribution in [-0.2, 0) is 19.6 Å². The first-order chi connectivity index (χ1) is 14.0. The number of amides is 1. The normalized spacial score (nSPS) is 15.3. The van der Waals surface area contributed by atoms with E-state index in [0.717, 1.165) is 11.8 Å². The highest BCUT2D eigenvalue weighted by Gasteiger charge is 2.30. The molecule has 0 atom stereocenters. The van der Waals surface area contributed by atoms with E-state index in [9.17, 15) is 17.6 Å². The predicted molar refractivity (Wildman–Crippen MR) is 104 cm³/mol. The highest BCUT2D eigenvalue weighted by atomic mass is 32.2. The van der Waals surface area contributed by atoms with Gasteiger partial charge in [0.25, 0.3) is 0 Å². The zero-order chi connectivity index (χ0) is 20.7. The lowest BCUT2D eigenvalue weighted by Crippen LogP contribution is -2.51. The summed E-state index contributed by atoms with van der Waals surface area (Å²) >= 11 is 0. The summed E-state index contributed by atoms with van der Waals surface area (Å²) in [6.07, 6.45) is 0. The molecule has 1 fully saturated rings. The van der Waals surface area contributed by atoms with Crippen LogP contribution in [0.2, 0.25) is 0 Å². The van der Waals surface area contributed by atoms with Gasteiger partial charge in [-0.25, -0.2) is 12.8 Å². The topological polar surface area (TPSA) is 76.2 Å². The van der Waals surface area contributed by atoms with Crippen LogP contribution in [0.25, 0.3) is 0 Å². The summed E-state index contributed by atoms with van der Waals surface area (Å²) in [4.78, 5) is 13.7. The molecule has 1 aliphatic rings. The van der Waals surface area contributed by atoms with Gasteiger partial charge in [0, 0.05) is 26.2 Å². The third-order valence-corrected chi connectivity index (χ3v) is 6.38. The lowest BCUT2D eigenvalue weighted by Gasteiger charge is -2.34. The summed E-state index contributed by atoms with van der Waals surface area (Å²) in [5.41, 5.74) is 0. The maximum Gasteiger partial charge on any atom is 0.248 e. The van der Waals surface area contributed by atoms with E-state index in [0.29, 0.717) is 6.61 Å². The Bertz CT molecular complexity index is 915. The number of rotatable bonds is 8. The molecule has 2 aromatic carbocycles. The van der Waals surface area contributed by atoms with Crippen LogP contribution < -0.4 is 4.74 Å². The molecule has 0 spiro atoms. The number of halogens is 1. The second-order valence-electron chi connectivity index (χ2n) is 6.46. The quantitative estimate of drug-likeness (QED) is 0.606. The van der Waals surface area contributed by atoms with Crippen molar-refractivity contribution in [2.75, 3.05) is 46.0 Å². The van der Waals surface area contributed by atoms with Crippen LogP contribution in [0.3, 0.4) is 0 Å². The van der Waals surface area contributed by atoms with Gasteiger partial charge in [0.2, 0.25) is 15.9 Å². The summed E-state index contributed by atoms with van der Waals surface area (Å²) in [5, 5.41) is 0. The number of ether oxygens (including phenoxy) is 2. The number of sulfonamides is 1. The van der Waals surface area contributed by atoms with Crippen LogP contribution in [0.5, 0.6) is 5.75 Å². The molecule has 3 rings (SSSR count). The molecule has 9 heteroatoms. The number of hydrogen-bond donors (Lipinski definition) is 0. The first-order valence-corrected chi connectivity index (χ1v) is 10.7. The van der Waals surface area contributed by atoms with Gasteiger partial charge >= 0.3 is 0 Å². The molecule has 1 amide bonds. The van der Waals surface area contributed by atoms with E-state index >= 15 is 0 Å². The molecule has 1 heterocycles. The van der Waals surface area contributed by atoms with E-state index in [2.05, 4.69) is 0 Å². The van der Waals surface area contributed by atoms with Crippen molar-refractivity contribution in [3.05, 3.63) is 60.4 Å². The van der Waals surface area contributed by atoms with Crippen molar-refractivity contribution in [1.82, 2.24) is 9.21 Å². The molecule has 0 radical (unpaired) electrons. The molecule has 0 aliphatic carbocycles. The maximum absolute atomic E-state index is 13.3. The van der Waals surface area contributed by atoms with Crippen molar-refractivity contribution in [2.45, 2.75) is 4.90 Å². The molecule has 0 aromatic heterocycles. The zero-order valence-corrected chi connectivity index (χ0v) is 16.7. The van der Waals surface area contributed by atoms with Gasteiger partial charge in [-0.15, -0.1) is 0 Å². The Kier molecular flexibility index (Phi) is 7.18. The van der Waals surface area contributed by atoms with Crippen molar-refractivity contribution in [1.29, 1.82) is 0 Å². The van der Waals surface area contributed by atoms with E-state index in [4.69, 9.17) is 9.47 Å². The van der Waals surface area contributed by atoms with Gasteiger partial charge < -0.3 is 14.4 Å². The lowest BCUT2D eigenvalue weighted by molar-refractivity contribution is -0.137. The van der Waals surface area contributed by atoms with E-state index in [-0.39, 0.29) is 50.2 Å². The van der Waals surface area contributed by atoms with Crippen LogP contribution in [0.4, 0.5) is 4.39 Å². The first kappa shape index (κ1) is 21.2. The van der Waals surface area contributed by atoms with Crippen molar-refractivity contribution in [3.8, 4) is 5.75 Å². The summed E-state index contributed by atoms with van der Waals surface area (Å²) in [6, 6.07) is 14.2. The molecular weight excluding hydrogens is 399 g/mol. The Hall–Kier alpha value is -2.49. The van der Waals surface area contributed by atoms with Crippen molar-refractivity contribution >= 4 is 15.9 Å². The number of benzene rings is 2. The SMILES string of the molecule is O=C(COCCOc1ccccc1)N1CCN(S(=O)(=O)c2cccc(F)c2)CC1. The van der Waals surface area contributed by atoms with Gasteiger partial charge in [-0.3, -0.25) is 4.79 Å². The van der Waals surface area contributed by atoms with Crippen LogP contribution in [0, 0.1) is 5.82 Å². The number of para-hydroxylation sites is 1. The zero-order valence-electron chi connectivity index (χ0n) is 15.9. The minimum absolute atomic E-state index is 0.0842. The number of hydrogen-bond acceptors (Lipinski definition) is 5. The van der Waals surface area contributed by atoms with Crippen LogP contribution in [0.1, 0.15) is 0 Å². The van der Waals surface area contributed by atoms with Crippen LogP contribution in [-0.4, -0.2) is 69.5 Å². The third kappa shape index (κ3) is 5.75. The maximum atomic E-state index is 13.3. The molecule has 0 bridgehead atoms. The first-order valence-electron chi connectivity index (χ1n) is 9.26. The molecule has 0 unspecified atom stereocenters. The number of piperazine rings is 1. The minimum atomic E-state index is -3.78. The van der Waals surface area contributed by atoms with Crippen molar-refractivity contribution in [2.24, 2.45) is 0 Å². The number of carbonyl (C=O) groups is 1.